The second-order valence-electron chi connectivity index (χ2n) is 9.91. The summed E-state index contributed by atoms with van der Waals surface area (Å²) in [5, 5.41) is 15.2. The lowest BCUT2D eigenvalue weighted by molar-refractivity contribution is 0.0698. The van der Waals surface area contributed by atoms with Gasteiger partial charge in [0.2, 0.25) is 0 Å². The summed E-state index contributed by atoms with van der Waals surface area (Å²) in [4.78, 5) is 14.4. The van der Waals surface area contributed by atoms with Crippen LogP contribution in [0.15, 0.2) is 83.8 Å². The Labute approximate surface area is 259 Å². The number of fused-ring (bicyclic) bond motifs is 1. The average molecular weight is 633 g/mol. The molecule has 0 unspecified atom stereocenters. The van der Waals surface area contributed by atoms with E-state index in [9.17, 15) is 18.3 Å². The van der Waals surface area contributed by atoms with Crippen molar-refractivity contribution in [2.45, 2.75) is 18.2 Å². The van der Waals surface area contributed by atoms with Crippen molar-refractivity contribution in [3.8, 4) is 16.9 Å². The summed E-state index contributed by atoms with van der Waals surface area (Å²) in [7, 11) is -4.06. The van der Waals surface area contributed by atoms with Crippen LogP contribution >= 0.6 is 24.8 Å². The van der Waals surface area contributed by atoms with E-state index in [1.54, 1.807) is 24.3 Å². The molecule has 3 N–H and O–H groups in total. The summed E-state index contributed by atoms with van der Waals surface area (Å²) < 4.78 is 34.9. The van der Waals surface area contributed by atoms with E-state index in [0.29, 0.717) is 17.9 Å². The Balaban J connectivity index is 0.00000242. The van der Waals surface area contributed by atoms with Gasteiger partial charge in [-0.3, -0.25) is 4.72 Å². The predicted octanol–water partition coefficient (Wildman–Crippen LogP) is 5.83. The predicted molar refractivity (Wildman–Crippen MR) is 172 cm³/mol. The third kappa shape index (κ3) is 7.73. The Bertz CT molecular complexity index is 1630. The SMILES string of the molecule is Cc1ccc(-c2ccc(C(=O)O)c(NS(=O)(=O)c3ccc(OCCCN4CCNCC4)cc3)c2)c2ccccc12.Cl.Cl. The maximum atomic E-state index is 13.3. The summed E-state index contributed by atoms with van der Waals surface area (Å²) >= 11 is 0. The van der Waals surface area contributed by atoms with Crippen LogP contribution in [0.1, 0.15) is 22.3 Å². The van der Waals surface area contributed by atoms with Crippen molar-refractivity contribution >= 4 is 57.3 Å². The molecule has 1 saturated heterocycles. The molecule has 0 saturated carbocycles. The van der Waals surface area contributed by atoms with Crippen LogP contribution in [0.4, 0.5) is 5.69 Å². The first-order valence-electron chi connectivity index (χ1n) is 13.4. The molecule has 11 heteroatoms. The maximum absolute atomic E-state index is 13.3. The molecule has 42 heavy (non-hydrogen) atoms. The maximum Gasteiger partial charge on any atom is 0.337 e. The Morgan fingerprint density at radius 1 is 0.952 bits per heavy atom. The molecule has 0 radical (unpaired) electrons. The van der Waals surface area contributed by atoms with Gasteiger partial charge in [0, 0.05) is 32.7 Å². The largest absolute Gasteiger partial charge is 0.494 e. The third-order valence-electron chi connectivity index (χ3n) is 7.18. The van der Waals surface area contributed by atoms with E-state index >= 15 is 0 Å². The van der Waals surface area contributed by atoms with Crippen LogP contribution in [0.25, 0.3) is 21.9 Å². The molecule has 0 aromatic heterocycles. The minimum Gasteiger partial charge on any atom is -0.494 e. The summed E-state index contributed by atoms with van der Waals surface area (Å²) in [5.74, 6) is -0.638. The fraction of sp³-hybridized carbons (Fsp3) is 0.258. The fourth-order valence-electron chi connectivity index (χ4n) is 5.02. The standard InChI is InChI=1S/C31H33N3O5S.2ClH/c1-22-7-13-27(28-6-3-2-5-26(22)28)23-8-14-29(31(35)36)30(21-23)33-40(37,38)25-11-9-24(10-12-25)39-20-4-17-34-18-15-32-16-19-34;;/h2-3,5-14,21,32-33H,4,15-20H2,1H3,(H,35,36);2*1H. The minimum atomic E-state index is -4.06. The number of piperazine rings is 1. The highest BCUT2D eigenvalue weighted by Gasteiger charge is 2.20. The molecule has 224 valence electrons. The topological polar surface area (TPSA) is 108 Å². The number of ether oxygens (including phenoxy) is 1. The number of rotatable bonds is 10. The van der Waals surface area contributed by atoms with Crippen molar-refractivity contribution in [3.05, 3.63) is 90.0 Å². The van der Waals surface area contributed by atoms with E-state index in [0.717, 1.165) is 61.0 Å². The highest BCUT2D eigenvalue weighted by molar-refractivity contribution is 7.92. The first-order valence-corrected chi connectivity index (χ1v) is 14.8. The number of benzene rings is 4. The monoisotopic (exact) mass is 631 g/mol. The molecule has 5 rings (SSSR count). The van der Waals surface area contributed by atoms with Gasteiger partial charge in [-0.05, 0) is 77.2 Å². The third-order valence-corrected chi connectivity index (χ3v) is 8.56. The number of carboxylic acid groups (broad SMARTS) is 1. The van der Waals surface area contributed by atoms with E-state index in [1.807, 2.05) is 43.3 Å². The van der Waals surface area contributed by atoms with E-state index in [2.05, 4.69) is 14.9 Å². The van der Waals surface area contributed by atoms with Crippen LogP contribution in [0.2, 0.25) is 0 Å². The molecule has 0 bridgehead atoms. The number of halogens is 2. The van der Waals surface area contributed by atoms with Crippen LogP contribution in [-0.4, -0.2) is 63.7 Å². The Morgan fingerprint density at radius 3 is 2.33 bits per heavy atom. The summed E-state index contributed by atoms with van der Waals surface area (Å²) in [5.41, 5.74) is 2.59. The van der Waals surface area contributed by atoms with E-state index in [4.69, 9.17) is 4.74 Å². The van der Waals surface area contributed by atoms with Gasteiger partial charge < -0.3 is 20.1 Å². The average Bonchev–Trinajstić information content (AvgIpc) is 2.96. The molecule has 0 atom stereocenters. The number of nitrogens with one attached hydrogen (secondary N) is 2. The normalized spacial score (nSPS) is 13.5. The fourth-order valence-corrected chi connectivity index (χ4v) is 6.09. The van der Waals surface area contributed by atoms with Crippen LogP contribution in [0.5, 0.6) is 5.75 Å². The zero-order chi connectivity index (χ0) is 28.1. The molecule has 0 aliphatic carbocycles. The van der Waals surface area contributed by atoms with Crippen molar-refractivity contribution in [1.82, 2.24) is 10.2 Å². The number of hydrogen-bond acceptors (Lipinski definition) is 6. The molecule has 1 fully saturated rings. The number of carbonyl (C=O) groups is 1. The van der Waals surface area contributed by atoms with Crippen molar-refractivity contribution in [2.24, 2.45) is 0 Å². The summed E-state index contributed by atoms with van der Waals surface area (Å²) in [6, 6.07) is 22.8. The van der Waals surface area contributed by atoms with Crippen molar-refractivity contribution < 1.29 is 23.1 Å². The molecule has 4 aromatic carbocycles. The molecule has 1 aliphatic rings. The van der Waals surface area contributed by atoms with Crippen molar-refractivity contribution in [3.63, 3.8) is 0 Å². The van der Waals surface area contributed by atoms with Gasteiger partial charge in [-0.2, -0.15) is 0 Å². The van der Waals surface area contributed by atoms with Gasteiger partial charge >= 0.3 is 5.97 Å². The van der Waals surface area contributed by atoms with E-state index in [1.165, 1.54) is 18.2 Å². The Hall–Kier alpha value is -3.34. The summed E-state index contributed by atoms with van der Waals surface area (Å²) in [6.45, 7) is 7.61. The number of carboxylic acids is 1. The van der Waals surface area contributed by atoms with Gasteiger partial charge in [0.1, 0.15) is 5.75 Å². The highest BCUT2D eigenvalue weighted by atomic mass is 35.5. The van der Waals surface area contributed by atoms with Crippen LogP contribution in [-0.2, 0) is 10.0 Å². The van der Waals surface area contributed by atoms with Gasteiger partial charge in [0.05, 0.1) is 22.8 Å². The molecule has 0 spiro atoms. The lowest BCUT2D eigenvalue weighted by Crippen LogP contribution is -2.43. The molecule has 1 heterocycles. The van der Waals surface area contributed by atoms with Gasteiger partial charge in [0.15, 0.2) is 0 Å². The molecule has 0 amide bonds. The van der Waals surface area contributed by atoms with Gasteiger partial charge in [-0.25, -0.2) is 13.2 Å². The molecule has 8 nitrogen and oxygen atoms in total. The first-order chi connectivity index (χ1) is 19.3. The smallest absolute Gasteiger partial charge is 0.337 e. The lowest BCUT2D eigenvalue weighted by atomic mass is 9.94. The number of hydrogen-bond donors (Lipinski definition) is 3. The van der Waals surface area contributed by atoms with Crippen LogP contribution in [0, 0.1) is 6.92 Å². The zero-order valence-corrected chi connectivity index (χ0v) is 25.7. The van der Waals surface area contributed by atoms with E-state index in [-0.39, 0.29) is 41.0 Å². The number of aryl methyl sites for hydroxylation is 1. The van der Waals surface area contributed by atoms with E-state index < -0.39 is 16.0 Å². The summed E-state index contributed by atoms with van der Waals surface area (Å²) in [6.07, 6.45) is 0.881. The number of aromatic carboxylic acids is 1. The minimum absolute atomic E-state index is 0. The first kappa shape index (κ1) is 33.2. The zero-order valence-electron chi connectivity index (χ0n) is 23.2. The molecule has 4 aromatic rings. The molecule has 1 aliphatic heterocycles. The second kappa shape index (κ2) is 14.7. The van der Waals surface area contributed by atoms with Crippen LogP contribution in [0.3, 0.4) is 0 Å². The number of anilines is 1. The van der Waals surface area contributed by atoms with Crippen LogP contribution < -0.4 is 14.8 Å². The number of sulfonamides is 1. The quantitative estimate of drug-likeness (QED) is 0.189. The lowest BCUT2D eigenvalue weighted by Gasteiger charge is -2.26. The van der Waals surface area contributed by atoms with Gasteiger partial charge in [-0.1, -0.05) is 42.5 Å². The van der Waals surface area contributed by atoms with Crippen molar-refractivity contribution in [1.29, 1.82) is 0 Å². The Kier molecular flexibility index (Phi) is 11.6. The molecular formula is C31H35Cl2N3O5S. The Morgan fingerprint density at radius 2 is 1.64 bits per heavy atom. The van der Waals surface area contributed by atoms with Gasteiger partial charge in [0.25, 0.3) is 10.0 Å². The molecular weight excluding hydrogens is 597 g/mol. The number of nitrogens with zero attached hydrogens (tertiary/aromatic N) is 1. The highest BCUT2D eigenvalue weighted by Crippen LogP contribution is 2.34. The van der Waals surface area contributed by atoms with Gasteiger partial charge in [-0.15, -0.1) is 24.8 Å². The second-order valence-corrected chi connectivity index (χ2v) is 11.6. The van der Waals surface area contributed by atoms with Crippen molar-refractivity contribution in [2.75, 3.05) is 44.1 Å².